The Kier molecular flexibility index (Phi) is 6.70. The fourth-order valence-corrected chi connectivity index (χ4v) is 4.60. The molecule has 7 heteroatoms. The number of para-hydroxylation sites is 2. The summed E-state index contributed by atoms with van der Waals surface area (Å²) in [5, 5.41) is 9.64. The fourth-order valence-electron chi connectivity index (χ4n) is 3.29. The molecule has 0 saturated heterocycles. The third-order valence-corrected chi connectivity index (χ3v) is 5.88. The summed E-state index contributed by atoms with van der Waals surface area (Å²) < 4.78 is 5.34. The molecule has 6 nitrogen and oxygen atoms in total. The predicted molar refractivity (Wildman–Crippen MR) is 114 cm³/mol. The summed E-state index contributed by atoms with van der Waals surface area (Å²) in [6.45, 7) is 4.19. The quantitative estimate of drug-likeness (QED) is 0.659. The minimum absolute atomic E-state index is 0.140. The Hall–Kier alpha value is -2.38. The number of rotatable bonds is 7. The first kappa shape index (κ1) is 20.4. The molecule has 3 N–H and O–H groups in total. The van der Waals surface area contributed by atoms with Gasteiger partial charge in [-0.1, -0.05) is 26.0 Å². The molecule has 3 rings (SSSR count). The van der Waals surface area contributed by atoms with Gasteiger partial charge in [-0.2, -0.15) is 0 Å². The molecule has 28 heavy (non-hydrogen) atoms. The van der Waals surface area contributed by atoms with Gasteiger partial charge in [-0.25, -0.2) is 0 Å². The van der Waals surface area contributed by atoms with Crippen LogP contribution in [0.4, 0.5) is 10.7 Å². The lowest BCUT2D eigenvalue weighted by Gasteiger charge is -2.14. The smallest absolute Gasteiger partial charge is 0.259 e. The SMILES string of the molecule is COc1ccccc1NC(=O)c1c(NC(=O)CNC(C)C)sc2c1CCCC2. The number of nitrogens with one attached hydrogen (secondary N) is 3. The number of ether oxygens (including phenoxy) is 1. The summed E-state index contributed by atoms with van der Waals surface area (Å²) >= 11 is 1.52. The molecule has 1 aromatic carbocycles. The third-order valence-electron chi connectivity index (χ3n) is 4.68. The van der Waals surface area contributed by atoms with Crippen LogP contribution in [0.25, 0.3) is 0 Å². The number of hydrogen-bond donors (Lipinski definition) is 3. The Morgan fingerprint density at radius 2 is 1.89 bits per heavy atom. The van der Waals surface area contributed by atoms with Gasteiger partial charge < -0.3 is 20.7 Å². The van der Waals surface area contributed by atoms with Gasteiger partial charge in [0.05, 0.1) is 24.9 Å². The molecule has 0 bridgehead atoms. The Morgan fingerprint density at radius 1 is 1.14 bits per heavy atom. The van der Waals surface area contributed by atoms with Crippen LogP contribution in [0.1, 0.15) is 47.5 Å². The minimum atomic E-state index is -0.212. The van der Waals surface area contributed by atoms with E-state index in [1.165, 1.54) is 16.2 Å². The van der Waals surface area contributed by atoms with Gasteiger partial charge in [0.15, 0.2) is 0 Å². The number of benzene rings is 1. The van der Waals surface area contributed by atoms with Crippen LogP contribution in [0.2, 0.25) is 0 Å². The largest absolute Gasteiger partial charge is 0.495 e. The molecular formula is C21H27N3O3S. The van der Waals surface area contributed by atoms with Crippen molar-refractivity contribution < 1.29 is 14.3 Å². The maximum atomic E-state index is 13.2. The molecule has 0 unspecified atom stereocenters. The second kappa shape index (κ2) is 9.21. The van der Waals surface area contributed by atoms with Gasteiger partial charge in [-0.05, 0) is 43.4 Å². The molecular weight excluding hydrogens is 374 g/mol. The molecule has 1 aromatic heterocycles. The molecule has 0 fully saturated rings. The van der Waals surface area contributed by atoms with Crippen molar-refractivity contribution in [2.45, 2.75) is 45.6 Å². The van der Waals surface area contributed by atoms with E-state index in [1.807, 2.05) is 26.0 Å². The Balaban J connectivity index is 1.86. The van der Waals surface area contributed by atoms with Crippen molar-refractivity contribution in [2.24, 2.45) is 0 Å². The predicted octanol–water partition coefficient (Wildman–Crippen LogP) is 3.82. The van der Waals surface area contributed by atoms with Gasteiger partial charge in [0.2, 0.25) is 5.91 Å². The minimum Gasteiger partial charge on any atom is -0.495 e. The summed E-state index contributed by atoms with van der Waals surface area (Å²) in [4.78, 5) is 26.7. The molecule has 1 aliphatic carbocycles. The normalized spacial score (nSPS) is 13.1. The van der Waals surface area contributed by atoms with Gasteiger partial charge in [-0.3, -0.25) is 9.59 Å². The first-order chi connectivity index (χ1) is 13.5. The van der Waals surface area contributed by atoms with Crippen LogP contribution in [0.15, 0.2) is 24.3 Å². The van der Waals surface area contributed by atoms with Crippen LogP contribution in [0.5, 0.6) is 5.75 Å². The van der Waals surface area contributed by atoms with Crippen LogP contribution >= 0.6 is 11.3 Å². The van der Waals surface area contributed by atoms with Crippen molar-refractivity contribution in [1.29, 1.82) is 0 Å². The van der Waals surface area contributed by atoms with Gasteiger partial charge >= 0.3 is 0 Å². The molecule has 2 amide bonds. The summed E-state index contributed by atoms with van der Waals surface area (Å²) in [7, 11) is 1.57. The number of methoxy groups -OCH3 is 1. The highest BCUT2D eigenvalue weighted by atomic mass is 32.1. The van der Waals surface area contributed by atoms with E-state index in [0.717, 1.165) is 31.2 Å². The number of carbonyl (C=O) groups is 2. The Labute approximate surface area is 169 Å². The van der Waals surface area contributed by atoms with E-state index >= 15 is 0 Å². The lowest BCUT2D eigenvalue weighted by atomic mass is 9.95. The zero-order chi connectivity index (χ0) is 20.1. The summed E-state index contributed by atoms with van der Waals surface area (Å²) in [6, 6.07) is 7.53. The number of aryl methyl sites for hydroxylation is 1. The monoisotopic (exact) mass is 401 g/mol. The van der Waals surface area contributed by atoms with Gasteiger partial charge in [-0.15, -0.1) is 11.3 Å². The van der Waals surface area contributed by atoms with E-state index in [1.54, 1.807) is 19.2 Å². The number of anilines is 2. The standard InChI is InChI=1S/C21H27N3O3S/c1-13(2)22-12-18(25)24-21-19(14-8-4-7-11-17(14)28-21)20(26)23-15-9-5-6-10-16(15)27-3/h5-6,9-10,13,22H,4,7-8,11-12H2,1-3H3,(H,23,26)(H,24,25). The molecule has 0 saturated carbocycles. The number of thiophene rings is 1. The van der Waals surface area contributed by atoms with Crippen molar-refractivity contribution in [3.8, 4) is 5.75 Å². The van der Waals surface area contributed by atoms with Gasteiger partial charge in [0.1, 0.15) is 10.8 Å². The number of amides is 2. The van der Waals surface area contributed by atoms with Crippen LogP contribution in [-0.4, -0.2) is 31.5 Å². The van der Waals surface area contributed by atoms with Crippen LogP contribution in [-0.2, 0) is 17.6 Å². The van der Waals surface area contributed by atoms with E-state index in [9.17, 15) is 9.59 Å². The zero-order valence-corrected chi connectivity index (χ0v) is 17.4. The van der Waals surface area contributed by atoms with E-state index in [0.29, 0.717) is 22.0 Å². The van der Waals surface area contributed by atoms with Gasteiger partial charge in [0.25, 0.3) is 5.91 Å². The molecule has 0 radical (unpaired) electrons. The van der Waals surface area contributed by atoms with Crippen molar-refractivity contribution in [3.05, 3.63) is 40.3 Å². The molecule has 1 heterocycles. The highest BCUT2D eigenvalue weighted by Gasteiger charge is 2.26. The Bertz CT molecular complexity index is 861. The maximum absolute atomic E-state index is 13.2. The van der Waals surface area contributed by atoms with Crippen molar-refractivity contribution in [2.75, 3.05) is 24.3 Å². The van der Waals surface area contributed by atoms with Gasteiger partial charge in [0, 0.05) is 10.9 Å². The maximum Gasteiger partial charge on any atom is 0.259 e. The van der Waals surface area contributed by atoms with Crippen molar-refractivity contribution >= 4 is 33.8 Å². The molecule has 1 aliphatic rings. The van der Waals surface area contributed by atoms with E-state index in [2.05, 4.69) is 16.0 Å². The van der Waals surface area contributed by atoms with Crippen molar-refractivity contribution in [3.63, 3.8) is 0 Å². The topological polar surface area (TPSA) is 79.5 Å². The van der Waals surface area contributed by atoms with E-state index in [-0.39, 0.29) is 24.4 Å². The second-order valence-corrected chi connectivity index (χ2v) is 8.26. The average molecular weight is 402 g/mol. The highest BCUT2D eigenvalue weighted by Crippen LogP contribution is 2.39. The lowest BCUT2D eigenvalue weighted by Crippen LogP contribution is -2.32. The van der Waals surface area contributed by atoms with Crippen LogP contribution in [0.3, 0.4) is 0 Å². The fraction of sp³-hybridized carbons (Fsp3) is 0.429. The van der Waals surface area contributed by atoms with E-state index < -0.39 is 0 Å². The molecule has 0 aliphatic heterocycles. The summed E-state index contributed by atoms with van der Waals surface area (Å²) in [5.41, 5.74) is 2.27. The lowest BCUT2D eigenvalue weighted by molar-refractivity contribution is -0.115. The molecule has 150 valence electrons. The first-order valence-electron chi connectivity index (χ1n) is 9.61. The second-order valence-electron chi connectivity index (χ2n) is 7.15. The number of carbonyl (C=O) groups excluding carboxylic acids is 2. The average Bonchev–Trinajstić information content (AvgIpc) is 3.04. The Morgan fingerprint density at radius 3 is 2.64 bits per heavy atom. The number of hydrogen-bond acceptors (Lipinski definition) is 5. The third kappa shape index (κ3) is 4.72. The molecule has 0 atom stereocenters. The van der Waals surface area contributed by atoms with Crippen LogP contribution < -0.4 is 20.7 Å². The number of fused-ring (bicyclic) bond motifs is 1. The van der Waals surface area contributed by atoms with E-state index in [4.69, 9.17) is 4.74 Å². The molecule has 2 aromatic rings. The van der Waals surface area contributed by atoms with Crippen molar-refractivity contribution in [1.82, 2.24) is 5.32 Å². The first-order valence-corrected chi connectivity index (χ1v) is 10.4. The summed E-state index contributed by atoms with van der Waals surface area (Å²) in [5.74, 6) is 0.251. The summed E-state index contributed by atoms with van der Waals surface area (Å²) in [6.07, 6.45) is 3.99. The zero-order valence-electron chi connectivity index (χ0n) is 16.6. The molecule has 0 spiro atoms. The van der Waals surface area contributed by atoms with Crippen LogP contribution in [0, 0.1) is 0 Å². The highest BCUT2D eigenvalue weighted by molar-refractivity contribution is 7.17.